The number of nitrogens with one attached hydrogen (secondary N) is 1. The van der Waals surface area contributed by atoms with Crippen molar-refractivity contribution in [2.75, 3.05) is 19.6 Å². The maximum atomic E-state index is 12.0. The number of likely N-dealkylation sites (tertiary alicyclic amines) is 1. The van der Waals surface area contributed by atoms with Crippen LogP contribution >= 0.6 is 0 Å². The van der Waals surface area contributed by atoms with Crippen LogP contribution in [0.5, 0.6) is 0 Å². The molecule has 0 aliphatic carbocycles. The van der Waals surface area contributed by atoms with E-state index in [-0.39, 0.29) is 5.91 Å². The minimum atomic E-state index is 0.0536. The first kappa shape index (κ1) is 13.1. The SMILES string of the molecule is CCCCN1CCC(NC(=O)c2ccccc2)C1. The Kier molecular flexibility index (Phi) is 4.76. The van der Waals surface area contributed by atoms with Gasteiger partial charge in [-0.15, -0.1) is 0 Å². The molecule has 98 valence electrons. The number of benzene rings is 1. The van der Waals surface area contributed by atoms with Gasteiger partial charge in [-0.3, -0.25) is 4.79 Å². The van der Waals surface area contributed by atoms with Gasteiger partial charge >= 0.3 is 0 Å². The van der Waals surface area contributed by atoms with Gasteiger partial charge in [0.2, 0.25) is 0 Å². The number of nitrogens with zero attached hydrogens (tertiary/aromatic N) is 1. The van der Waals surface area contributed by atoms with Crippen LogP contribution in [0.25, 0.3) is 0 Å². The summed E-state index contributed by atoms with van der Waals surface area (Å²) in [6.45, 7) is 5.48. The Balaban J connectivity index is 1.79. The Labute approximate surface area is 109 Å². The quantitative estimate of drug-likeness (QED) is 0.864. The molecule has 0 saturated carbocycles. The van der Waals surface area contributed by atoms with E-state index in [4.69, 9.17) is 0 Å². The molecule has 18 heavy (non-hydrogen) atoms. The minimum Gasteiger partial charge on any atom is -0.348 e. The molecule has 0 spiro atoms. The largest absolute Gasteiger partial charge is 0.348 e. The average Bonchev–Trinajstić information content (AvgIpc) is 2.85. The van der Waals surface area contributed by atoms with Crippen molar-refractivity contribution < 1.29 is 4.79 Å². The molecule has 1 heterocycles. The Hall–Kier alpha value is -1.35. The zero-order valence-corrected chi connectivity index (χ0v) is 11.1. The van der Waals surface area contributed by atoms with Crippen molar-refractivity contribution in [1.82, 2.24) is 10.2 Å². The smallest absolute Gasteiger partial charge is 0.251 e. The third-order valence-electron chi connectivity index (χ3n) is 3.47. The van der Waals surface area contributed by atoms with Gasteiger partial charge < -0.3 is 10.2 Å². The van der Waals surface area contributed by atoms with Crippen molar-refractivity contribution in [2.45, 2.75) is 32.2 Å². The summed E-state index contributed by atoms with van der Waals surface area (Å²) in [6, 6.07) is 9.76. The van der Waals surface area contributed by atoms with E-state index >= 15 is 0 Å². The van der Waals surface area contributed by atoms with Gasteiger partial charge in [0.1, 0.15) is 0 Å². The van der Waals surface area contributed by atoms with Gasteiger partial charge in [-0.25, -0.2) is 0 Å². The van der Waals surface area contributed by atoms with Crippen LogP contribution in [-0.2, 0) is 0 Å². The third kappa shape index (κ3) is 3.57. The molecule has 1 fully saturated rings. The predicted octanol–water partition coefficient (Wildman–Crippen LogP) is 2.29. The molecular formula is C15H22N2O. The lowest BCUT2D eigenvalue weighted by molar-refractivity contribution is 0.0937. The molecule has 2 rings (SSSR count). The molecule has 0 aromatic heterocycles. The summed E-state index contributed by atoms with van der Waals surface area (Å²) in [6.07, 6.45) is 3.55. The molecule has 1 aliphatic rings. The van der Waals surface area contributed by atoms with E-state index in [1.807, 2.05) is 30.3 Å². The maximum Gasteiger partial charge on any atom is 0.251 e. The van der Waals surface area contributed by atoms with E-state index in [2.05, 4.69) is 17.1 Å². The van der Waals surface area contributed by atoms with Crippen LogP contribution in [0.2, 0.25) is 0 Å². The maximum absolute atomic E-state index is 12.0. The molecule has 1 unspecified atom stereocenters. The van der Waals surface area contributed by atoms with E-state index < -0.39 is 0 Å². The highest BCUT2D eigenvalue weighted by atomic mass is 16.1. The first-order valence-corrected chi connectivity index (χ1v) is 6.88. The first-order chi connectivity index (χ1) is 8.79. The molecule has 3 heteroatoms. The van der Waals surface area contributed by atoms with Gasteiger partial charge in [-0.05, 0) is 31.5 Å². The molecule has 1 amide bonds. The van der Waals surface area contributed by atoms with Crippen molar-refractivity contribution in [2.24, 2.45) is 0 Å². The second-order valence-corrected chi connectivity index (χ2v) is 4.98. The summed E-state index contributed by atoms with van der Waals surface area (Å²) in [7, 11) is 0. The lowest BCUT2D eigenvalue weighted by Crippen LogP contribution is -2.37. The molecule has 1 atom stereocenters. The molecule has 1 N–H and O–H groups in total. The summed E-state index contributed by atoms with van der Waals surface area (Å²) in [5.41, 5.74) is 0.754. The number of hydrogen-bond acceptors (Lipinski definition) is 2. The van der Waals surface area contributed by atoms with Crippen molar-refractivity contribution >= 4 is 5.91 Å². The minimum absolute atomic E-state index is 0.0536. The summed E-state index contributed by atoms with van der Waals surface area (Å²) < 4.78 is 0. The summed E-state index contributed by atoms with van der Waals surface area (Å²) >= 11 is 0. The van der Waals surface area contributed by atoms with Crippen LogP contribution in [0, 0.1) is 0 Å². The molecule has 0 radical (unpaired) electrons. The number of rotatable bonds is 5. The Morgan fingerprint density at radius 3 is 2.89 bits per heavy atom. The summed E-state index contributed by atoms with van der Waals surface area (Å²) in [4.78, 5) is 14.4. The Morgan fingerprint density at radius 2 is 2.17 bits per heavy atom. The fourth-order valence-corrected chi connectivity index (χ4v) is 2.39. The number of unbranched alkanes of at least 4 members (excludes halogenated alkanes) is 1. The molecular weight excluding hydrogens is 224 g/mol. The van der Waals surface area contributed by atoms with E-state index in [0.717, 1.165) is 31.6 Å². The highest BCUT2D eigenvalue weighted by Crippen LogP contribution is 2.11. The van der Waals surface area contributed by atoms with Gasteiger partial charge in [-0.1, -0.05) is 31.5 Å². The van der Waals surface area contributed by atoms with Crippen LogP contribution in [0.15, 0.2) is 30.3 Å². The van der Waals surface area contributed by atoms with E-state index in [1.54, 1.807) is 0 Å². The van der Waals surface area contributed by atoms with E-state index in [9.17, 15) is 4.79 Å². The standard InChI is InChI=1S/C15H22N2O/c1-2-3-10-17-11-9-14(12-17)16-15(18)13-7-5-4-6-8-13/h4-8,14H,2-3,9-12H2,1H3,(H,16,18). The molecule has 3 nitrogen and oxygen atoms in total. The number of carbonyl (C=O) groups is 1. The highest BCUT2D eigenvalue weighted by molar-refractivity contribution is 5.94. The fraction of sp³-hybridized carbons (Fsp3) is 0.533. The van der Waals surface area contributed by atoms with Crippen molar-refractivity contribution in [3.05, 3.63) is 35.9 Å². The topological polar surface area (TPSA) is 32.3 Å². The summed E-state index contributed by atoms with van der Waals surface area (Å²) in [5, 5.41) is 3.12. The number of hydrogen-bond donors (Lipinski definition) is 1. The fourth-order valence-electron chi connectivity index (χ4n) is 2.39. The van der Waals surface area contributed by atoms with Crippen molar-refractivity contribution in [3.8, 4) is 0 Å². The lowest BCUT2D eigenvalue weighted by Gasteiger charge is -2.16. The van der Waals surface area contributed by atoms with Crippen molar-refractivity contribution in [3.63, 3.8) is 0 Å². The van der Waals surface area contributed by atoms with Crippen molar-refractivity contribution in [1.29, 1.82) is 0 Å². The molecule has 1 saturated heterocycles. The van der Waals surface area contributed by atoms with Gasteiger partial charge in [-0.2, -0.15) is 0 Å². The highest BCUT2D eigenvalue weighted by Gasteiger charge is 2.23. The summed E-state index contributed by atoms with van der Waals surface area (Å²) in [5.74, 6) is 0.0536. The van der Waals surface area contributed by atoms with E-state index in [0.29, 0.717) is 6.04 Å². The second-order valence-electron chi connectivity index (χ2n) is 4.98. The average molecular weight is 246 g/mol. The van der Waals surface area contributed by atoms with Crippen LogP contribution in [0.4, 0.5) is 0 Å². The molecule has 1 aromatic rings. The monoisotopic (exact) mass is 246 g/mol. The van der Waals surface area contributed by atoms with Crippen LogP contribution < -0.4 is 5.32 Å². The molecule has 0 bridgehead atoms. The normalized spacial score (nSPS) is 19.9. The Bertz CT molecular complexity index is 377. The predicted molar refractivity (Wildman–Crippen MR) is 73.7 cm³/mol. The van der Waals surface area contributed by atoms with Crippen LogP contribution in [-0.4, -0.2) is 36.5 Å². The van der Waals surface area contributed by atoms with Crippen LogP contribution in [0.3, 0.4) is 0 Å². The van der Waals surface area contributed by atoms with Gasteiger partial charge in [0.05, 0.1) is 0 Å². The van der Waals surface area contributed by atoms with Gasteiger partial charge in [0.25, 0.3) is 5.91 Å². The van der Waals surface area contributed by atoms with Gasteiger partial charge in [0, 0.05) is 24.7 Å². The first-order valence-electron chi connectivity index (χ1n) is 6.88. The zero-order valence-electron chi connectivity index (χ0n) is 11.1. The Morgan fingerprint density at radius 1 is 1.39 bits per heavy atom. The number of amides is 1. The second kappa shape index (κ2) is 6.55. The van der Waals surface area contributed by atoms with E-state index in [1.165, 1.54) is 12.8 Å². The lowest BCUT2D eigenvalue weighted by atomic mass is 10.2. The van der Waals surface area contributed by atoms with Gasteiger partial charge in [0.15, 0.2) is 0 Å². The van der Waals surface area contributed by atoms with Crippen LogP contribution in [0.1, 0.15) is 36.5 Å². The third-order valence-corrected chi connectivity index (χ3v) is 3.47. The molecule has 1 aliphatic heterocycles. The zero-order chi connectivity index (χ0) is 12.8. The molecule has 1 aromatic carbocycles. The number of carbonyl (C=O) groups excluding carboxylic acids is 1.